The highest BCUT2D eigenvalue weighted by Gasteiger charge is 2.16. The number of rotatable bonds is 9. The van der Waals surface area contributed by atoms with E-state index in [4.69, 9.17) is 4.98 Å². The summed E-state index contributed by atoms with van der Waals surface area (Å²) in [5.41, 5.74) is 14.5. The molecule has 0 fully saturated rings. The lowest BCUT2D eigenvalue weighted by atomic mass is 9.94. The van der Waals surface area contributed by atoms with Gasteiger partial charge < -0.3 is 5.32 Å². The molecule has 1 aliphatic heterocycles. The number of nitrogens with zero attached hydrogens (tertiary/aromatic N) is 2. The van der Waals surface area contributed by atoms with Crippen LogP contribution in [0.3, 0.4) is 0 Å². The van der Waals surface area contributed by atoms with Gasteiger partial charge in [0, 0.05) is 41.8 Å². The molecule has 1 N–H and O–H groups in total. The van der Waals surface area contributed by atoms with Crippen LogP contribution in [0.25, 0.3) is 70.9 Å². The topological polar surface area (TPSA) is 37.8 Å². The number of dihydropyridines is 1. The maximum atomic E-state index is 5.29. The van der Waals surface area contributed by atoms with Crippen LogP contribution >= 0.6 is 11.3 Å². The summed E-state index contributed by atoms with van der Waals surface area (Å²) in [6.07, 6.45) is 18.2. The second kappa shape index (κ2) is 14.6. The molecule has 244 valence electrons. The van der Waals surface area contributed by atoms with Crippen molar-refractivity contribution in [1.82, 2.24) is 15.3 Å². The molecule has 0 radical (unpaired) electrons. The molecule has 8 rings (SSSR count). The van der Waals surface area contributed by atoms with Gasteiger partial charge in [0.1, 0.15) is 5.01 Å². The fourth-order valence-electron chi connectivity index (χ4n) is 6.30. The van der Waals surface area contributed by atoms with Crippen LogP contribution in [0.2, 0.25) is 0 Å². The molecule has 4 heteroatoms. The van der Waals surface area contributed by atoms with Crippen molar-refractivity contribution in [3.05, 3.63) is 200 Å². The summed E-state index contributed by atoms with van der Waals surface area (Å²) in [4.78, 5) is 9.64. The molecule has 51 heavy (non-hydrogen) atoms. The quantitative estimate of drug-likeness (QED) is 0.155. The van der Waals surface area contributed by atoms with Crippen LogP contribution in [0.1, 0.15) is 5.56 Å². The summed E-state index contributed by atoms with van der Waals surface area (Å²) >= 11 is 1.73. The fourth-order valence-corrected chi connectivity index (χ4v) is 7.34. The first-order valence-electron chi connectivity index (χ1n) is 17.0. The Morgan fingerprint density at radius 2 is 1.39 bits per heavy atom. The standard InChI is InChI=1S/C47H35N3S/c1-33(11-5-6-12-34-13-9-25-48-31-34)35-21-23-37(24-22-35)47-50-46-44(41-19-8-16-38(28-41)36-14-3-2-4-15-36)29-43(30-45(46)51-47)40-18-7-17-39(27-40)42-20-10-26-49-32-42/h2-24,26-32,48H,1,25H2/b11-5-,12-6+. The summed E-state index contributed by atoms with van der Waals surface area (Å²) in [6.45, 7) is 5.19. The van der Waals surface area contributed by atoms with E-state index in [1.807, 2.05) is 42.9 Å². The zero-order valence-electron chi connectivity index (χ0n) is 28.0. The van der Waals surface area contributed by atoms with Gasteiger partial charge in [0.25, 0.3) is 0 Å². The number of nitrogens with one attached hydrogen (secondary N) is 1. The minimum atomic E-state index is 0.879. The van der Waals surface area contributed by atoms with E-state index in [0.29, 0.717) is 0 Å². The molecule has 0 atom stereocenters. The van der Waals surface area contributed by atoms with Gasteiger partial charge in [-0.05, 0) is 80.4 Å². The van der Waals surface area contributed by atoms with E-state index in [2.05, 4.69) is 156 Å². The maximum Gasteiger partial charge on any atom is 0.124 e. The van der Waals surface area contributed by atoms with E-state index >= 15 is 0 Å². The molecule has 0 saturated heterocycles. The fraction of sp³-hybridized carbons (Fsp3) is 0.0213. The highest BCUT2D eigenvalue weighted by molar-refractivity contribution is 7.21. The second-order valence-electron chi connectivity index (χ2n) is 12.4. The van der Waals surface area contributed by atoms with Gasteiger partial charge in [0.15, 0.2) is 0 Å². The Hall–Kier alpha value is -6.36. The lowest BCUT2D eigenvalue weighted by molar-refractivity contribution is 0.962. The smallest absolute Gasteiger partial charge is 0.124 e. The average molecular weight is 674 g/mol. The average Bonchev–Trinajstić information content (AvgIpc) is 3.65. The van der Waals surface area contributed by atoms with Gasteiger partial charge in [-0.25, -0.2) is 4.98 Å². The molecule has 5 aromatic carbocycles. The molecule has 0 amide bonds. The van der Waals surface area contributed by atoms with Crippen molar-refractivity contribution < 1.29 is 0 Å². The molecular weight excluding hydrogens is 639 g/mol. The van der Waals surface area contributed by atoms with Crippen molar-refractivity contribution in [3.8, 4) is 55.1 Å². The van der Waals surface area contributed by atoms with Gasteiger partial charge in [0.05, 0.1) is 10.2 Å². The lowest BCUT2D eigenvalue weighted by Crippen LogP contribution is -2.08. The molecule has 3 heterocycles. The van der Waals surface area contributed by atoms with Gasteiger partial charge in [-0.2, -0.15) is 0 Å². The molecule has 0 aliphatic carbocycles. The molecule has 0 unspecified atom stereocenters. The van der Waals surface area contributed by atoms with Gasteiger partial charge in [0.2, 0.25) is 0 Å². The molecule has 3 nitrogen and oxygen atoms in total. The highest BCUT2D eigenvalue weighted by Crippen LogP contribution is 2.41. The number of hydrogen-bond acceptors (Lipinski definition) is 4. The minimum Gasteiger partial charge on any atom is -0.387 e. The number of benzene rings is 5. The van der Waals surface area contributed by atoms with Crippen molar-refractivity contribution in [2.45, 2.75) is 0 Å². The maximum absolute atomic E-state index is 5.29. The predicted molar refractivity (Wildman–Crippen MR) is 217 cm³/mol. The van der Waals surface area contributed by atoms with E-state index in [1.54, 1.807) is 11.3 Å². The van der Waals surface area contributed by atoms with E-state index in [1.165, 1.54) is 11.1 Å². The zero-order chi connectivity index (χ0) is 34.4. The van der Waals surface area contributed by atoms with Crippen LogP contribution < -0.4 is 5.32 Å². The SMILES string of the molecule is C=C(/C=C\C=C\C1=CNCC=C1)c1ccc(-c2nc3c(-c4cccc(-c5ccccc5)c4)cc(-c4cccc(-c5cccnc5)c4)cc3s2)cc1. The first-order valence-corrected chi connectivity index (χ1v) is 17.9. The minimum absolute atomic E-state index is 0.879. The molecular formula is C47H35N3S. The van der Waals surface area contributed by atoms with Gasteiger partial charge >= 0.3 is 0 Å². The third-order valence-electron chi connectivity index (χ3n) is 8.98. The van der Waals surface area contributed by atoms with Crippen LogP contribution in [0.15, 0.2) is 195 Å². The van der Waals surface area contributed by atoms with Crippen molar-refractivity contribution in [3.63, 3.8) is 0 Å². The molecule has 1 aliphatic rings. The first kappa shape index (κ1) is 31.9. The number of allylic oxidation sites excluding steroid dienone is 7. The molecule has 2 aromatic heterocycles. The Labute approximate surface area is 303 Å². The number of fused-ring (bicyclic) bond motifs is 1. The highest BCUT2D eigenvalue weighted by atomic mass is 32.1. The van der Waals surface area contributed by atoms with Gasteiger partial charge in [-0.3, -0.25) is 4.98 Å². The second-order valence-corrected chi connectivity index (χ2v) is 13.5. The first-order chi connectivity index (χ1) is 25.2. The van der Waals surface area contributed by atoms with Crippen molar-refractivity contribution in [2.24, 2.45) is 0 Å². The van der Waals surface area contributed by atoms with Gasteiger partial charge in [-0.15, -0.1) is 11.3 Å². The summed E-state index contributed by atoms with van der Waals surface area (Å²) in [5.74, 6) is 0. The van der Waals surface area contributed by atoms with Crippen molar-refractivity contribution in [2.75, 3.05) is 6.54 Å². The summed E-state index contributed by atoms with van der Waals surface area (Å²) in [7, 11) is 0. The molecule has 0 saturated carbocycles. The normalized spacial score (nSPS) is 12.7. The Bertz CT molecular complexity index is 2470. The Kier molecular flexibility index (Phi) is 9.15. The van der Waals surface area contributed by atoms with Crippen LogP contribution in [-0.2, 0) is 0 Å². The van der Waals surface area contributed by atoms with Crippen molar-refractivity contribution in [1.29, 1.82) is 0 Å². The third-order valence-corrected chi connectivity index (χ3v) is 10.0. The van der Waals surface area contributed by atoms with Crippen LogP contribution in [0, 0.1) is 0 Å². The Morgan fingerprint density at radius 1 is 0.667 bits per heavy atom. The Balaban J connectivity index is 1.15. The Morgan fingerprint density at radius 3 is 2.16 bits per heavy atom. The van der Waals surface area contributed by atoms with Gasteiger partial charge in [-0.1, -0.05) is 140 Å². The molecule has 0 spiro atoms. The van der Waals surface area contributed by atoms with Crippen LogP contribution in [0.5, 0.6) is 0 Å². The molecule has 7 aromatic rings. The zero-order valence-corrected chi connectivity index (χ0v) is 28.9. The summed E-state index contributed by atoms with van der Waals surface area (Å²) in [6, 6.07) is 45.3. The monoisotopic (exact) mass is 673 g/mol. The number of pyridine rings is 1. The number of aromatic nitrogens is 2. The van der Waals surface area contributed by atoms with Crippen LogP contribution in [-0.4, -0.2) is 16.5 Å². The van der Waals surface area contributed by atoms with E-state index in [0.717, 1.165) is 77.4 Å². The van der Waals surface area contributed by atoms with Crippen molar-refractivity contribution >= 4 is 27.1 Å². The number of hydrogen-bond donors (Lipinski definition) is 1. The molecule has 0 bridgehead atoms. The summed E-state index contributed by atoms with van der Waals surface area (Å²) in [5, 5.41) is 4.22. The largest absolute Gasteiger partial charge is 0.387 e. The summed E-state index contributed by atoms with van der Waals surface area (Å²) < 4.78 is 1.15. The van der Waals surface area contributed by atoms with E-state index < -0.39 is 0 Å². The third kappa shape index (κ3) is 7.18. The van der Waals surface area contributed by atoms with Crippen LogP contribution in [0.4, 0.5) is 0 Å². The number of thiazole rings is 1. The predicted octanol–water partition coefficient (Wildman–Crippen LogP) is 12.2. The van der Waals surface area contributed by atoms with E-state index in [9.17, 15) is 0 Å². The lowest BCUT2D eigenvalue weighted by Gasteiger charge is -2.11. The van der Waals surface area contributed by atoms with E-state index in [-0.39, 0.29) is 0 Å².